The maximum atomic E-state index is 12.1. The van der Waals surface area contributed by atoms with Gasteiger partial charge in [0.15, 0.2) is 0 Å². The average Bonchev–Trinajstić information content (AvgIpc) is 2.98. The number of fused-ring (bicyclic) bond motifs is 1. The number of nitrogen functional groups attached to an aromatic ring is 1. The fourth-order valence-electron chi connectivity index (χ4n) is 2.06. The summed E-state index contributed by atoms with van der Waals surface area (Å²) >= 11 is 0. The summed E-state index contributed by atoms with van der Waals surface area (Å²) in [5.41, 5.74) is 8.58. The molecule has 0 aliphatic carbocycles. The second-order valence-electron chi connectivity index (χ2n) is 4.52. The normalized spacial score (nSPS) is 10.6. The topological polar surface area (TPSA) is 83.8 Å². The van der Waals surface area contributed by atoms with Crippen molar-refractivity contribution in [3.8, 4) is 0 Å². The zero-order chi connectivity index (χ0) is 13.9. The molecule has 2 heterocycles. The Bertz CT molecular complexity index is 750. The number of nitrogens with two attached hydrogens (primary N) is 1. The highest BCUT2D eigenvalue weighted by atomic mass is 16.1. The van der Waals surface area contributed by atoms with Gasteiger partial charge in [-0.2, -0.15) is 0 Å². The van der Waals surface area contributed by atoms with E-state index >= 15 is 0 Å². The van der Waals surface area contributed by atoms with Crippen LogP contribution in [0.2, 0.25) is 0 Å². The van der Waals surface area contributed by atoms with E-state index in [4.69, 9.17) is 5.73 Å². The highest BCUT2D eigenvalue weighted by Gasteiger charge is 2.10. The van der Waals surface area contributed by atoms with Crippen LogP contribution in [0, 0.1) is 0 Å². The molecule has 0 spiro atoms. The van der Waals surface area contributed by atoms with Gasteiger partial charge in [-0.1, -0.05) is 18.2 Å². The molecule has 0 atom stereocenters. The predicted octanol–water partition coefficient (Wildman–Crippen LogP) is 2.08. The molecule has 0 saturated heterocycles. The molecule has 0 unspecified atom stereocenters. The fraction of sp³-hybridized carbons (Fsp3) is 0.0667. The SMILES string of the molecule is Nc1cc(C(=O)NCc2cc[nH]c2)nc2ccccc12. The van der Waals surface area contributed by atoms with Crippen LogP contribution in [0.1, 0.15) is 16.1 Å². The lowest BCUT2D eigenvalue weighted by Gasteiger charge is -2.07. The van der Waals surface area contributed by atoms with Crippen LogP contribution < -0.4 is 11.1 Å². The molecule has 3 aromatic rings. The molecule has 0 saturated carbocycles. The molecule has 0 radical (unpaired) electrons. The first-order valence-electron chi connectivity index (χ1n) is 6.29. The Morgan fingerprint density at radius 2 is 2.15 bits per heavy atom. The van der Waals surface area contributed by atoms with E-state index in [0.29, 0.717) is 17.9 Å². The second kappa shape index (κ2) is 5.05. The van der Waals surface area contributed by atoms with Crippen molar-refractivity contribution in [2.45, 2.75) is 6.54 Å². The van der Waals surface area contributed by atoms with E-state index < -0.39 is 0 Å². The van der Waals surface area contributed by atoms with E-state index in [1.807, 2.05) is 42.7 Å². The van der Waals surface area contributed by atoms with E-state index in [0.717, 1.165) is 16.5 Å². The lowest BCUT2D eigenvalue weighted by Crippen LogP contribution is -2.23. The van der Waals surface area contributed by atoms with Crippen LogP contribution in [0.15, 0.2) is 48.8 Å². The van der Waals surface area contributed by atoms with Crippen molar-refractivity contribution in [1.29, 1.82) is 0 Å². The number of para-hydroxylation sites is 1. The molecule has 1 aromatic carbocycles. The maximum absolute atomic E-state index is 12.1. The Hall–Kier alpha value is -2.82. The minimum Gasteiger partial charge on any atom is -0.398 e. The first-order valence-corrected chi connectivity index (χ1v) is 6.29. The summed E-state index contributed by atoms with van der Waals surface area (Å²) in [4.78, 5) is 19.4. The highest BCUT2D eigenvalue weighted by Crippen LogP contribution is 2.19. The average molecular weight is 266 g/mol. The molecule has 5 nitrogen and oxygen atoms in total. The van der Waals surface area contributed by atoms with Crippen LogP contribution in [0.4, 0.5) is 5.69 Å². The Labute approximate surface area is 115 Å². The van der Waals surface area contributed by atoms with Crippen LogP contribution in [0.5, 0.6) is 0 Å². The minimum absolute atomic E-state index is 0.233. The fourth-order valence-corrected chi connectivity index (χ4v) is 2.06. The van der Waals surface area contributed by atoms with Crippen molar-refractivity contribution < 1.29 is 4.79 Å². The number of rotatable bonds is 3. The van der Waals surface area contributed by atoms with Crippen LogP contribution in [0.25, 0.3) is 10.9 Å². The van der Waals surface area contributed by atoms with Crippen molar-refractivity contribution in [3.63, 3.8) is 0 Å². The Morgan fingerprint density at radius 1 is 1.30 bits per heavy atom. The number of H-pyrrole nitrogens is 1. The quantitative estimate of drug-likeness (QED) is 0.678. The number of anilines is 1. The summed E-state index contributed by atoms with van der Waals surface area (Å²) in [6.45, 7) is 0.455. The Balaban J connectivity index is 1.84. The summed E-state index contributed by atoms with van der Waals surface area (Å²) in [5, 5.41) is 3.67. The molecule has 1 amide bonds. The van der Waals surface area contributed by atoms with E-state index in [-0.39, 0.29) is 5.91 Å². The lowest BCUT2D eigenvalue weighted by molar-refractivity contribution is 0.0946. The lowest BCUT2D eigenvalue weighted by atomic mass is 10.1. The van der Waals surface area contributed by atoms with Gasteiger partial charge in [-0.25, -0.2) is 4.98 Å². The molecule has 3 rings (SSSR count). The van der Waals surface area contributed by atoms with Crippen molar-refractivity contribution >= 4 is 22.5 Å². The molecule has 0 bridgehead atoms. The van der Waals surface area contributed by atoms with Crippen molar-refractivity contribution in [2.24, 2.45) is 0 Å². The van der Waals surface area contributed by atoms with Gasteiger partial charge in [0.05, 0.1) is 5.52 Å². The van der Waals surface area contributed by atoms with Crippen molar-refractivity contribution in [1.82, 2.24) is 15.3 Å². The molecule has 2 aromatic heterocycles. The van der Waals surface area contributed by atoms with E-state index in [1.165, 1.54) is 0 Å². The number of hydrogen-bond donors (Lipinski definition) is 3. The third kappa shape index (κ3) is 2.33. The van der Waals surface area contributed by atoms with Crippen LogP contribution >= 0.6 is 0 Å². The van der Waals surface area contributed by atoms with Crippen LogP contribution in [-0.2, 0) is 6.54 Å². The molecule has 5 heteroatoms. The zero-order valence-corrected chi connectivity index (χ0v) is 10.8. The standard InChI is InChI=1S/C15H14N4O/c16-12-7-14(19-13-4-2-1-3-11(12)13)15(20)18-9-10-5-6-17-8-10/h1-8,17H,9H2,(H2,16,19)(H,18,20). The van der Waals surface area contributed by atoms with Gasteiger partial charge in [-0.3, -0.25) is 4.79 Å². The van der Waals surface area contributed by atoms with Crippen LogP contribution in [0.3, 0.4) is 0 Å². The number of hydrogen-bond acceptors (Lipinski definition) is 3. The molecular weight excluding hydrogens is 252 g/mol. The number of pyridine rings is 1. The Morgan fingerprint density at radius 3 is 2.95 bits per heavy atom. The van der Waals surface area contributed by atoms with Gasteiger partial charge in [-0.05, 0) is 23.8 Å². The minimum atomic E-state index is -0.233. The summed E-state index contributed by atoms with van der Waals surface area (Å²) in [6, 6.07) is 11.0. The number of carbonyl (C=O) groups is 1. The number of aromatic nitrogens is 2. The van der Waals surface area contributed by atoms with E-state index in [9.17, 15) is 4.79 Å². The summed E-state index contributed by atoms with van der Waals surface area (Å²) in [7, 11) is 0. The predicted molar refractivity (Wildman–Crippen MR) is 78.1 cm³/mol. The summed E-state index contributed by atoms with van der Waals surface area (Å²) in [5.74, 6) is -0.233. The molecule has 0 aliphatic heterocycles. The van der Waals surface area contributed by atoms with Crippen molar-refractivity contribution in [3.05, 3.63) is 60.0 Å². The van der Waals surface area contributed by atoms with E-state index in [1.54, 1.807) is 6.07 Å². The molecule has 4 N–H and O–H groups in total. The number of amides is 1. The molecule has 0 fully saturated rings. The van der Waals surface area contributed by atoms with Gasteiger partial charge in [0.2, 0.25) is 0 Å². The van der Waals surface area contributed by atoms with Gasteiger partial charge in [0.1, 0.15) is 5.69 Å². The summed E-state index contributed by atoms with van der Waals surface area (Å²) in [6.07, 6.45) is 3.65. The molecular formula is C15H14N4O. The third-order valence-corrected chi connectivity index (χ3v) is 3.10. The van der Waals surface area contributed by atoms with Gasteiger partial charge in [0.25, 0.3) is 5.91 Å². The van der Waals surface area contributed by atoms with Gasteiger partial charge >= 0.3 is 0 Å². The number of aromatic amines is 1. The van der Waals surface area contributed by atoms with E-state index in [2.05, 4.69) is 15.3 Å². The Kier molecular flexibility index (Phi) is 3.09. The smallest absolute Gasteiger partial charge is 0.270 e. The number of carbonyl (C=O) groups excluding carboxylic acids is 1. The second-order valence-corrected chi connectivity index (χ2v) is 4.52. The number of nitrogens with zero attached hydrogens (tertiary/aromatic N) is 1. The third-order valence-electron chi connectivity index (χ3n) is 3.10. The number of benzene rings is 1. The molecule has 0 aliphatic rings. The largest absolute Gasteiger partial charge is 0.398 e. The van der Waals surface area contributed by atoms with Gasteiger partial charge in [-0.15, -0.1) is 0 Å². The number of nitrogens with one attached hydrogen (secondary N) is 2. The maximum Gasteiger partial charge on any atom is 0.270 e. The zero-order valence-electron chi connectivity index (χ0n) is 10.8. The molecule has 100 valence electrons. The monoisotopic (exact) mass is 266 g/mol. The highest BCUT2D eigenvalue weighted by molar-refractivity contribution is 5.99. The first kappa shape index (κ1) is 12.2. The van der Waals surface area contributed by atoms with Crippen LogP contribution in [-0.4, -0.2) is 15.9 Å². The van der Waals surface area contributed by atoms with Gasteiger partial charge < -0.3 is 16.0 Å². The van der Waals surface area contributed by atoms with Crippen molar-refractivity contribution in [2.75, 3.05) is 5.73 Å². The summed E-state index contributed by atoms with van der Waals surface area (Å²) < 4.78 is 0. The first-order chi connectivity index (χ1) is 9.74. The molecule has 20 heavy (non-hydrogen) atoms. The van der Waals surface area contributed by atoms with Gasteiger partial charge in [0, 0.05) is 30.0 Å².